The quantitative estimate of drug-likeness (QED) is 0.683. The average Bonchev–Trinajstić information content (AvgIpc) is 2.29. The summed E-state index contributed by atoms with van der Waals surface area (Å²) in [6, 6.07) is 3.56. The van der Waals surface area contributed by atoms with Gasteiger partial charge in [0.1, 0.15) is 0 Å². The van der Waals surface area contributed by atoms with Gasteiger partial charge in [0, 0.05) is 25.5 Å². The predicted octanol–water partition coefficient (Wildman–Crippen LogP) is 1.93. The van der Waals surface area contributed by atoms with Gasteiger partial charge in [0.05, 0.1) is 10.9 Å². The third-order valence-corrected chi connectivity index (χ3v) is 2.92. The minimum absolute atomic E-state index is 0.0356. The summed E-state index contributed by atoms with van der Waals surface area (Å²) in [5, 5.41) is 0.0966. The lowest BCUT2D eigenvalue weighted by Crippen LogP contribution is -2.40. The smallest absolute Gasteiger partial charge is 0.255 e. The number of rotatable bonds is 1. The molecule has 4 heteroatoms. The van der Waals surface area contributed by atoms with Crippen molar-refractivity contribution in [1.82, 2.24) is 9.88 Å². The first-order valence-corrected chi connectivity index (χ1v) is 5.54. The molecule has 2 rings (SSSR count). The molecule has 1 atom stereocenters. The molecular formula is C11H13ClN2O. The first kappa shape index (κ1) is 10.4. The van der Waals surface area contributed by atoms with E-state index in [-0.39, 0.29) is 11.3 Å². The molecule has 2 heterocycles. The van der Waals surface area contributed by atoms with Crippen molar-refractivity contribution in [3.8, 4) is 0 Å². The Bertz CT molecular complexity index is 342. The van der Waals surface area contributed by atoms with Crippen molar-refractivity contribution < 1.29 is 4.79 Å². The highest BCUT2D eigenvalue weighted by Gasteiger charge is 2.22. The van der Waals surface area contributed by atoms with E-state index in [1.807, 2.05) is 0 Å². The Morgan fingerprint density at radius 2 is 2.47 bits per heavy atom. The van der Waals surface area contributed by atoms with E-state index in [0.717, 1.165) is 19.4 Å². The van der Waals surface area contributed by atoms with Crippen LogP contribution in [-0.2, 0) is 0 Å². The number of alkyl halides is 1. The highest BCUT2D eigenvalue weighted by atomic mass is 35.5. The van der Waals surface area contributed by atoms with Gasteiger partial charge in [0.2, 0.25) is 0 Å². The summed E-state index contributed by atoms with van der Waals surface area (Å²) < 4.78 is 0. The van der Waals surface area contributed by atoms with Crippen LogP contribution in [0.4, 0.5) is 0 Å². The zero-order valence-electron chi connectivity index (χ0n) is 8.40. The normalized spacial score (nSPS) is 21.4. The van der Waals surface area contributed by atoms with Crippen molar-refractivity contribution in [1.29, 1.82) is 0 Å². The molecule has 0 bridgehead atoms. The van der Waals surface area contributed by atoms with Crippen LogP contribution in [-0.4, -0.2) is 34.3 Å². The van der Waals surface area contributed by atoms with Gasteiger partial charge in [0.25, 0.3) is 5.91 Å². The lowest BCUT2D eigenvalue weighted by Gasteiger charge is -2.29. The topological polar surface area (TPSA) is 33.2 Å². The lowest BCUT2D eigenvalue weighted by molar-refractivity contribution is 0.0726. The number of pyridine rings is 1. The SMILES string of the molecule is O=C(c1cccnc1)N1CCCC(Cl)C1. The van der Waals surface area contributed by atoms with E-state index in [0.29, 0.717) is 12.1 Å². The number of likely N-dealkylation sites (tertiary alicyclic amines) is 1. The summed E-state index contributed by atoms with van der Waals surface area (Å²) in [6.07, 6.45) is 5.25. The molecule has 1 fully saturated rings. The molecule has 0 N–H and O–H groups in total. The molecule has 1 saturated heterocycles. The molecule has 3 nitrogen and oxygen atoms in total. The zero-order valence-corrected chi connectivity index (χ0v) is 9.15. The fourth-order valence-electron chi connectivity index (χ4n) is 1.78. The summed E-state index contributed by atoms with van der Waals surface area (Å²) in [5.74, 6) is 0.0356. The first-order chi connectivity index (χ1) is 7.27. The maximum absolute atomic E-state index is 12.0. The maximum Gasteiger partial charge on any atom is 0.255 e. The van der Waals surface area contributed by atoms with Gasteiger partial charge in [-0.1, -0.05) is 0 Å². The van der Waals surface area contributed by atoms with Gasteiger partial charge in [-0.15, -0.1) is 11.6 Å². The van der Waals surface area contributed by atoms with Gasteiger partial charge >= 0.3 is 0 Å². The van der Waals surface area contributed by atoms with E-state index in [1.165, 1.54) is 0 Å². The molecule has 0 aliphatic carbocycles. The Kier molecular flexibility index (Phi) is 3.21. The van der Waals surface area contributed by atoms with Crippen LogP contribution >= 0.6 is 11.6 Å². The van der Waals surface area contributed by atoms with Gasteiger partial charge < -0.3 is 4.90 Å². The molecule has 1 aliphatic heterocycles. The number of piperidine rings is 1. The van der Waals surface area contributed by atoms with Crippen molar-refractivity contribution >= 4 is 17.5 Å². The molecule has 1 aromatic rings. The summed E-state index contributed by atoms with van der Waals surface area (Å²) in [7, 11) is 0. The van der Waals surface area contributed by atoms with Crippen LogP contribution in [0, 0.1) is 0 Å². The van der Waals surface area contributed by atoms with Gasteiger partial charge in [-0.3, -0.25) is 9.78 Å². The minimum Gasteiger partial charge on any atom is -0.337 e. The predicted molar refractivity (Wildman–Crippen MR) is 59.0 cm³/mol. The zero-order chi connectivity index (χ0) is 10.7. The molecule has 1 aromatic heterocycles. The number of carbonyl (C=O) groups excluding carboxylic acids is 1. The van der Waals surface area contributed by atoms with Gasteiger partial charge in [-0.25, -0.2) is 0 Å². The second-order valence-corrected chi connectivity index (χ2v) is 4.35. The fourth-order valence-corrected chi connectivity index (χ4v) is 2.10. The molecule has 1 aliphatic rings. The summed E-state index contributed by atoms with van der Waals surface area (Å²) >= 11 is 6.03. The van der Waals surface area contributed by atoms with Crippen molar-refractivity contribution in [2.75, 3.05) is 13.1 Å². The average molecular weight is 225 g/mol. The molecule has 15 heavy (non-hydrogen) atoms. The maximum atomic E-state index is 12.0. The highest BCUT2D eigenvalue weighted by Crippen LogP contribution is 2.16. The third-order valence-electron chi connectivity index (χ3n) is 2.56. The van der Waals surface area contributed by atoms with E-state index in [4.69, 9.17) is 11.6 Å². The Labute approximate surface area is 94.1 Å². The van der Waals surface area contributed by atoms with Crippen molar-refractivity contribution in [2.45, 2.75) is 18.2 Å². The summed E-state index contributed by atoms with van der Waals surface area (Å²) in [4.78, 5) is 17.7. The Hall–Kier alpha value is -1.09. The van der Waals surface area contributed by atoms with Crippen LogP contribution in [0.5, 0.6) is 0 Å². The van der Waals surface area contributed by atoms with Crippen LogP contribution in [0.3, 0.4) is 0 Å². The molecule has 0 radical (unpaired) electrons. The molecule has 0 spiro atoms. The second kappa shape index (κ2) is 4.62. The van der Waals surface area contributed by atoms with Crippen molar-refractivity contribution in [3.05, 3.63) is 30.1 Å². The molecule has 1 amide bonds. The number of nitrogens with zero attached hydrogens (tertiary/aromatic N) is 2. The van der Waals surface area contributed by atoms with E-state index < -0.39 is 0 Å². The van der Waals surface area contributed by atoms with Gasteiger partial charge in [-0.2, -0.15) is 0 Å². The van der Waals surface area contributed by atoms with E-state index in [2.05, 4.69) is 4.98 Å². The number of aromatic nitrogens is 1. The monoisotopic (exact) mass is 224 g/mol. The largest absolute Gasteiger partial charge is 0.337 e. The van der Waals surface area contributed by atoms with Crippen LogP contribution < -0.4 is 0 Å². The summed E-state index contributed by atoms with van der Waals surface area (Å²) in [5.41, 5.74) is 0.642. The number of halogens is 1. The van der Waals surface area contributed by atoms with Crippen LogP contribution in [0.15, 0.2) is 24.5 Å². The van der Waals surface area contributed by atoms with E-state index >= 15 is 0 Å². The molecule has 0 saturated carbocycles. The Morgan fingerprint density at radius 3 is 3.13 bits per heavy atom. The minimum atomic E-state index is 0.0356. The Morgan fingerprint density at radius 1 is 1.60 bits per heavy atom. The van der Waals surface area contributed by atoms with Crippen molar-refractivity contribution in [2.24, 2.45) is 0 Å². The van der Waals surface area contributed by atoms with Crippen LogP contribution in [0.25, 0.3) is 0 Å². The third kappa shape index (κ3) is 2.48. The van der Waals surface area contributed by atoms with Crippen LogP contribution in [0.1, 0.15) is 23.2 Å². The highest BCUT2D eigenvalue weighted by molar-refractivity contribution is 6.21. The molecular weight excluding hydrogens is 212 g/mol. The van der Waals surface area contributed by atoms with E-state index in [1.54, 1.807) is 29.4 Å². The molecule has 0 aromatic carbocycles. The number of carbonyl (C=O) groups is 1. The van der Waals surface area contributed by atoms with Crippen molar-refractivity contribution in [3.63, 3.8) is 0 Å². The molecule has 80 valence electrons. The summed E-state index contributed by atoms with van der Waals surface area (Å²) in [6.45, 7) is 1.45. The fraction of sp³-hybridized carbons (Fsp3) is 0.455. The lowest BCUT2D eigenvalue weighted by atomic mass is 10.1. The van der Waals surface area contributed by atoms with Gasteiger partial charge in [-0.05, 0) is 25.0 Å². The van der Waals surface area contributed by atoms with E-state index in [9.17, 15) is 4.79 Å². The number of hydrogen-bond acceptors (Lipinski definition) is 2. The molecule has 1 unspecified atom stereocenters. The standard InChI is InChI=1S/C11H13ClN2O/c12-10-4-2-6-14(8-10)11(15)9-3-1-5-13-7-9/h1,3,5,7,10H,2,4,6,8H2. The first-order valence-electron chi connectivity index (χ1n) is 5.11. The second-order valence-electron chi connectivity index (χ2n) is 3.73. The number of hydrogen-bond donors (Lipinski definition) is 0. The van der Waals surface area contributed by atoms with Crippen LogP contribution in [0.2, 0.25) is 0 Å². The van der Waals surface area contributed by atoms with Gasteiger partial charge in [0.15, 0.2) is 0 Å². The Balaban J connectivity index is 2.08. The number of amides is 1.